The van der Waals surface area contributed by atoms with Crippen LogP contribution in [0.25, 0.3) is 0 Å². The highest BCUT2D eigenvalue weighted by Gasteiger charge is 2.29. The first-order valence-corrected chi connectivity index (χ1v) is 5.35. The number of hydrogen-bond acceptors (Lipinski definition) is 1. The minimum atomic E-state index is -4.34. The smallest absolute Gasteiger partial charge is 0.376 e. The van der Waals surface area contributed by atoms with Crippen LogP contribution >= 0.6 is 23.2 Å². The van der Waals surface area contributed by atoms with Crippen LogP contribution in [0.1, 0.15) is 6.42 Å². The van der Waals surface area contributed by atoms with Gasteiger partial charge in [0.25, 0.3) is 0 Å². The van der Waals surface area contributed by atoms with Crippen molar-refractivity contribution >= 4 is 34.7 Å². The fraction of sp³-hybridized carbons (Fsp3) is 0.300. The van der Waals surface area contributed by atoms with Crippen LogP contribution in [-0.2, 0) is 0 Å². The summed E-state index contributed by atoms with van der Waals surface area (Å²) in [6.07, 6.45) is -5.50. The Morgan fingerprint density at radius 2 is 1.82 bits per heavy atom. The van der Waals surface area contributed by atoms with Crippen LogP contribution in [-0.4, -0.2) is 19.1 Å². The zero-order chi connectivity index (χ0) is 13.1. The van der Waals surface area contributed by atoms with Gasteiger partial charge in [0.15, 0.2) is 0 Å². The first-order chi connectivity index (χ1) is 7.83. The maximum Gasteiger partial charge on any atom is 0.396 e. The Labute approximate surface area is 106 Å². The Morgan fingerprint density at radius 1 is 1.29 bits per heavy atom. The minimum Gasteiger partial charge on any atom is -0.376 e. The third-order valence-electron chi connectivity index (χ3n) is 1.84. The first-order valence-electron chi connectivity index (χ1n) is 4.59. The van der Waals surface area contributed by atoms with E-state index in [2.05, 4.69) is 10.3 Å². The number of hydrogen-bond donors (Lipinski definition) is 1. The van der Waals surface area contributed by atoms with Crippen molar-refractivity contribution in [3.8, 4) is 0 Å². The van der Waals surface area contributed by atoms with Crippen molar-refractivity contribution < 1.29 is 13.2 Å². The van der Waals surface area contributed by atoms with Gasteiger partial charge in [-0.05, 0) is 12.1 Å². The van der Waals surface area contributed by atoms with Crippen molar-refractivity contribution in [2.75, 3.05) is 7.05 Å². The van der Waals surface area contributed by atoms with Crippen molar-refractivity contribution in [2.24, 2.45) is 4.99 Å². The van der Waals surface area contributed by atoms with Gasteiger partial charge in [-0.15, -0.1) is 0 Å². The van der Waals surface area contributed by atoms with Crippen LogP contribution in [0.2, 0.25) is 10.0 Å². The summed E-state index contributed by atoms with van der Waals surface area (Å²) in [6, 6.07) is 4.60. The van der Waals surface area contributed by atoms with Crippen LogP contribution in [0.15, 0.2) is 23.2 Å². The van der Waals surface area contributed by atoms with Gasteiger partial charge in [0.05, 0.1) is 10.0 Å². The molecule has 1 aromatic rings. The normalized spacial score (nSPS) is 12.7. The van der Waals surface area contributed by atoms with E-state index in [9.17, 15) is 13.2 Å². The predicted octanol–water partition coefficient (Wildman–Crippen LogP) is 4.20. The molecule has 0 aliphatic heterocycles. The highest BCUT2D eigenvalue weighted by molar-refractivity contribution is 6.38. The Morgan fingerprint density at radius 3 is 2.24 bits per heavy atom. The van der Waals surface area contributed by atoms with Crippen molar-refractivity contribution in [3.63, 3.8) is 0 Å². The van der Waals surface area contributed by atoms with Gasteiger partial charge in [0, 0.05) is 7.05 Å². The third-order valence-corrected chi connectivity index (χ3v) is 2.45. The van der Waals surface area contributed by atoms with Gasteiger partial charge in [-0.1, -0.05) is 29.3 Å². The molecule has 0 atom stereocenters. The predicted molar refractivity (Wildman–Crippen MR) is 63.3 cm³/mol. The highest BCUT2D eigenvalue weighted by Crippen LogP contribution is 2.33. The average Bonchev–Trinajstić information content (AvgIpc) is 2.20. The summed E-state index contributed by atoms with van der Waals surface area (Å²) >= 11 is 11.6. The topological polar surface area (TPSA) is 24.4 Å². The standard InChI is InChI=1S/C10H9Cl2F3N2/c1-16-8(5-10(13,14)15)17-9-6(11)3-2-4-7(9)12/h2-4H,5H2,1H3,(H,16,17). The number of para-hydroxylation sites is 1. The average molecular weight is 285 g/mol. The van der Waals surface area contributed by atoms with E-state index < -0.39 is 12.6 Å². The second-order valence-corrected chi connectivity index (χ2v) is 3.99. The second-order valence-electron chi connectivity index (χ2n) is 3.17. The maximum atomic E-state index is 12.2. The van der Waals surface area contributed by atoms with E-state index in [1.54, 1.807) is 6.07 Å². The minimum absolute atomic E-state index is 0.129. The Bertz CT molecular complexity index is 410. The molecule has 2 nitrogen and oxygen atoms in total. The lowest BCUT2D eigenvalue weighted by Crippen LogP contribution is -2.25. The second kappa shape index (κ2) is 5.60. The molecule has 0 heterocycles. The van der Waals surface area contributed by atoms with Crippen LogP contribution in [0.3, 0.4) is 0 Å². The van der Waals surface area contributed by atoms with Crippen LogP contribution in [0.5, 0.6) is 0 Å². The Hall–Kier alpha value is -0.940. The maximum absolute atomic E-state index is 12.2. The third kappa shape index (κ3) is 4.44. The molecule has 0 aromatic heterocycles. The molecule has 94 valence electrons. The highest BCUT2D eigenvalue weighted by atomic mass is 35.5. The molecule has 1 N–H and O–H groups in total. The van der Waals surface area contributed by atoms with Gasteiger partial charge in [-0.3, -0.25) is 0 Å². The summed E-state index contributed by atoms with van der Waals surface area (Å²) < 4.78 is 36.6. The summed E-state index contributed by atoms with van der Waals surface area (Å²) in [7, 11) is 1.36. The number of rotatable bonds is 2. The van der Waals surface area contributed by atoms with E-state index in [0.29, 0.717) is 0 Å². The summed E-state index contributed by atoms with van der Waals surface area (Å²) in [4.78, 5) is 3.78. The molecule has 17 heavy (non-hydrogen) atoms. The monoisotopic (exact) mass is 284 g/mol. The van der Waals surface area contributed by atoms with Crippen molar-refractivity contribution in [3.05, 3.63) is 28.2 Å². The van der Waals surface area contributed by atoms with Gasteiger partial charge in [-0.25, -0.2) is 4.99 Å². The van der Waals surface area contributed by atoms with Gasteiger partial charge < -0.3 is 5.32 Å². The molecule has 1 aromatic carbocycles. The molecular weight excluding hydrogens is 276 g/mol. The molecule has 0 radical (unpaired) electrons. The number of halogens is 5. The zero-order valence-electron chi connectivity index (χ0n) is 8.78. The summed E-state index contributed by atoms with van der Waals surface area (Å²) in [5.41, 5.74) is 0.129. The summed E-state index contributed by atoms with van der Waals surface area (Å²) in [5.74, 6) is -0.243. The fourth-order valence-corrected chi connectivity index (χ4v) is 1.59. The van der Waals surface area contributed by atoms with E-state index in [4.69, 9.17) is 23.2 Å². The lowest BCUT2D eigenvalue weighted by Gasteiger charge is -2.10. The molecule has 0 unspecified atom stereocenters. The van der Waals surface area contributed by atoms with E-state index in [1.165, 1.54) is 19.2 Å². The SMILES string of the molecule is CNC(CC(F)(F)F)=Nc1c(Cl)cccc1Cl. The Kier molecular flexibility index (Phi) is 4.65. The largest absolute Gasteiger partial charge is 0.396 e. The number of alkyl halides is 3. The van der Waals surface area contributed by atoms with E-state index in [1.807, 2.05) is 0 Å². The molecule has 0 aliphatic carbocycles. The number of benzene rings is 1. The van der Waals surface area contributed by atoms with E-state index in [-0.39, 0.29) is 21.6 Å². The van der Waals surface area contributed by atoms with Gasteiger partial charge in [-0.2, -0.15) is 13.2 Å². The summed E-state index contributed by atoms with van der Waals surface area (Å²) in [6.45, 7) is 0. The lowest BCUT2D eigenvalue weighted by atomic mass is 10.3. The molecule has 0 aliphatic rings. The van der Waals surface area contributed by atoms with E-state index >= 15 is 0 Å². The number of amidine groups is 1. The molecule has 7 heteroatoms. The summed E-state index contributed by atoms with van der Waals surface area (Å²) in [5, 5.41) is 2.78. The lowest BCUT2D eigenvalue weighted by molar-refractivity contribution is -0.121. The van der Waals surface area contributed by atoms with E-state index in [0.717, 1.165) is 0 Å². The fourth-order valence-electron chi connectivity index (χ4n) is 1.10. The van der Waals surface area contributed by atoms with Crippen molar-refractivity contribution in [1.29, 1.82) is 0 Å². The van der Waals surface area contributed by atoms with Crippen molar-refractivity contribution in [1.82, 2.24) is 5.32 Å². The Balaban J connectivity index is 3.07. The molecule has 0 amide bonds. The van der Waals surface area contributed by atoms with Crippen LogP contribution in [0, 0.1) is 0 Å². The van der Waals surface area contributed by atoms with Crippen LogP contribution < -0.4 is 5.32 Å². The van der Waals surface area contributed by atoms with Crippen LogP contribution in [0.4, 0.5) is 18.9 Å². The molecule has 0 saturated heterocycles. The van der Waals surface area contributed by atoms with Gasteiger partial charge in [0.1, 0.15) is 17.9 Å². The number of nitrogens with one attached hydrogen (secondary N) is 1. The first kappa shape index (κ1) is 14.1. The number of nitrogens with zero attached hydrogens (tertiary/aromatic N) is 1. The number of aliphatic imine (C=N–C) groups is 1. The van der Waals surface area contributed by atoms with Gasteiger partial charge >= 0.3 is 6.18 Å². The molecule has 0 fully saturated rings. The zero-order valence-corrected chi connectivity index (χ0v) is 10.3. The van der Waals surface area contributed by atoms with Crippen molar-refractivity contribution in [2.45, 2.75) is 12.6 Å². The molecule has 1 rings (SSSR count). The molecule has 0 saturated carbocycles. The molecule has 0 bridgehead atoms. The molecular formula is C10H9Cl2F3N2. The quantitative estimate of drug-likeness (QED) is 0.639. The molecule has 0 spiro atoms. The van der Waals surface area contributed by atoms with Gasteiger partial charge in [0.2, 0.25) is 0 Å².